The van der Waals surface area contributed by atoms with Crippen LogP contribution in [0.3, 0.4) is 0 Å². The van der Waals surface area contributed by atoms with Crippen LogP contribution in [0.5, 0.6) is 5.75 Å². The lowest BCUT2D eigenvalue weighted by Crippen LogP contribution is -2.52. The number of nitrogens with zero attached hydrogens (tertiary/aromatic N) is 3. The van der Waals surface area contributed by atoms with E-state index in [2.05, 4.69) is 32.7 Å². The third kappa shape index (κ3) is 5.89. The van der Waals surface area contributed by atoms with Gasteiger partial charge in [0.15, 0.2) is 0 Å². The normalized spacial score (nSPS) is 22.7. The Morgan fingerprint density at radius 1 is 1.02 bits per heavy atom. The molecule has 4 aliphatic rings. The summed E-state index contributed by atoms with van der Waals surface area (Å²) in [4.78, 5) is 58.0. The fraction of sp³-hybridized carbons (Fsp3) is 0.424. The number of carbonyl (C=O) groups excluding carboxylic acids is 4. The number of amides is 4. The Morgan fingerprint density at radius 3 is 2.73 bits per heavy atom. The fourth-order valence-corrected chi connectivity index (χ4v) is 6.64. The molecule has 5 heterocycles. The van der Waals surface area contributed by atoms with Crippen LogP contribution in [0.1, 0.15) is 53.6 Å². The number of hydrogen-bond acceptors (Lipinski definition) is 8. The molecule has 228 valence electrons. The number of likely N-dealkylation sites (tertiary alicyclic amines) is 1. The van der Waals surface area contributed by atoms with Crippen LogP contribution in [0, 0.1) is 5.92 Å². The van der Waals surface area contributed by atoms with Gasteiger partial charge >= 0.3 is 0 Å². The zero-order valence-corrected chi connectivity index (χ0v) is 24.4. The molecule has 0 saturated carbocycles. The smallest absolute Gasteiger partial charge is 0.255 e. The number of carbonyl (C=O) groups is 4. The molecule has 2 aromatic carbocycles. The molecule has 3 aromatic rings. The Labute approximate surface area is 254 Å². The van der Waals surface area contributed by atoms with Crippen molar-refractivity contribution >= 4 is 40.3 Å². The number of rotatable bonds is 7. The molecule has 0 spiro atoms. The molecule has 0 bridgehead atoms. The van der Waals surface area contributed by atoms with Crippen LogP contribution in [0.4, 0.5) is 5.82 Å². The summed E-state index contributed by atoms with van der Waals surface area (Å²) < 4.78 is 11.7. The second-order valence-electron chi connectivity index (χ2n) is 12.1. The van der Waals surface area contributed by atoms with Crippen LogP contribution in [0.2, 0.25) is 0 Å². The summed E-state index contributed by atoms with van der Waals surface area (Å²) in [7, 11) is 0. The first-order valence-corrected chi connectivity index (χ1v) is 15.3. The quantitative estimate of drug-likeness (QED) is 0.398. The lowest BCUT2D eigenvalue weighted by atomic mass is 9.99. The number of benzene rings is 2. The van der Waals surface area contributed by atoms with Gasteiger partial charge in [-0.1, -0.05) is 6.07 Å². The van der Waals surface area contributed by atoms with Crippen molar-refractivity contribution in [3.8, 4) is 5.75 Å². The third-order valence-electron chi connectivity index (χ3n) is 9.03. The number of aromatic nitrogens is 1. The Kier molecular flexibility index (Phi) is 7.73. The standard InChI is InChI=1S/C33H35N5O6/c39-30-8-6-28(32(41)36-30)38-18-23-16-24(3-4-26(23)33(38)42)44-25-9-12-37(19-25)17-20-1-5-27-22(15-20)2-7-29(34-27)35-31(40)21-10-13-43-14-11-21/h1-5,7,15-16,21,25,28H,6,8-14,17-19H2,(H,34,35,40)(H,36,39,41)/t25-,28?/m0/s1. The van der Waals surface area contributed by atoms with Crippen LogP contribution < -0.4 is 15.4 Å². The number of imide groups is 1. The Balaban J connectivity index is 0.935. The van der Waals surface area contributed by atoms with Gasteiger partial charge in [0.05, 0.1) is 5.52 Å². The summed E-state index contributed by atoms with van der Waals surface area (Å²) in [6, 6.07) is 15.0. The SMILES string of the molecule is O=C1CCC(N2Cc3cc(O[C@H]4CCN(Cc5ccc6nc(NC(=O)C7CCOCC7)ccc6c5)C4)ccc3C2=O)C(=O)N1. The number of pyridine rings is 1. The van der Waals surface area contributed by atoms with Gasteiger partial charge in [-0.25, -0.2) is 4.98 Å². The number of nitrogens with one attached hydrogen (secondary N) is 2. The van der Waals surface area contributed by atoms with Gasteiger partial charge < -0.3 is 19.7 Å². The minimum absolute atomic E-state index is 0.00477. The minimum Gasteiger partial charge on any atom is -0.489 e. The maximum absolute atomic E-state index is 13.0. The van der Waals surface area contributed by atoms with Gasteiger partial charge in [0.2, 0.25) is 17.7 Å². The van der Waals surface area contributed by atoms with Crippen molar-refractivity contribution in [1.29, 1.82) is 0 Å². The maximum atomic E-state index is 13.0. The molecule has 2 atom stereocenters. The topological polar surface area (TPSA) is 130 Å². The van der Waals surface area contributed by atoms with E-state index in [0.29, 0.717) is 43.3 Å². The van der Waals surface area contributed by atoms with Gasteiger partial charge in [0.1, 0.15) is 23.7 Å². The molecule has 3 fully saturated rings. The molecule has 1 unspecified atom stereocenters. The van der Waals surface area contributed by atoms with Crippen molar-refractivity contribution in [2.45, 2.75) is 57.3 Å². The average Bonchev–Trinajstić information content (AvgIpc) is 3.60. The van der Waals surface area contributed by atoms with E-state index >= 15 is 0 Å². The number of fused-ring (bicyclic) bond motifs is 2. The van der Waals surface area contributed by atoms with E-state index in [9.17, 15) is 19.2 Å². The van der Waals surface area contributed by atoms with Crippen molar-refractivity contribution in [3.05, 3.63) is 65.2 Å². The van der Waals surface area contributed by atoms with E-state index in [0.717, 1.165) is 55.4 Å². The zero-order valence-electron chi connectivity index (χ0n) is 24.4. The molecule has 3 saturated heterocycles. The molecule has 4 amide bonds. The van der Waals surface area contributed by atoms with E-state index < -0.39 is 11.9 Å². The van der Waals surface area contributed by atoms with Gasteiger partial charge in [-0.15, -0.1) is 0 Å². The summed E-state index contributed by atoms with van der Waals surface area (Å²) in [5.74, 6) is 0.369. The molecule has 0 radical (unpaired) electrons. The van der Waals surface area contributed by atoms with Crippen LogP contribution >= 0.6 is 0 Å². The molecule has 0 aliphatic carbocycles. The fourth-order valence-electron chi connectivity index (χ4n) is 6.64. The van der Waals surface area contributed by atoms with Crippen LogP contribution in [0.25, 0.3) is 10.9 Å². The van der Waals surface area contributed by atoms with E-state index in [1.807, 2.05) is 30.3 Å². The summed E-state index contributed by atoms with van der Waals surface area (Å²) in [6.07, 6.45) is 2.98. The van der Waals surface area contributed by atoms with Gasteiger partial charge in [-0.2, -0.15) is 0 Å². The first-order valence-electron chi connectivity index (χ1n) is 15.3. The molecule has 7 rings (SSSR count). The highest BCUT2D eigenvalue weighted by atomic mass is 16.5. The first kappa shape index (κ1) is 28.4. The lowest BCUT2D eigenvalue weighted by Gasteiger charge is -2.29. The van der Waals surface area contributed by atoms with Gasteiger partial charge in [0.25, 0.3) is 5.91 Å². The first-order chi connectivity index (χ1) is 21.4. The van der Waals surface area contributed by atoms with Crippen LogP contribution in [0.15, 0.2) is 48.5 Å². The number of anilines is 1. The van der Waals surface area contributed by atoms with E-state index in [1.165, 1.54) is 5.56 Å². The monoisotopic (exact) mass is 597 g/mol. The Bertz CT molecular complexity index is 1640. The molecular weight excluding hydrogens is 562 g/mol. The second kappa shape index (κ2) is 12.0. The molecule has 1 aromatic heterocycles. The predicted molar refractivity (Wildman–Crippen MR) is 161 cm³/mol. The van der Waals surface area contributed by atoms with Crippen molar-refractivity contribution in [2.75, 3.05) is 31.6 Å². The van der Waals surface area contributed by atoms with Crippen molar-refractivity contribution < 1.29 is 28.7 Å². The van der Waals surface area contributed by atoms with E-state index in [4.69, 9.17) is 9.47 Å². The minimum atomic E-state index is -0.628. The Hall–Kier alpha value is -4.35. The molecule has 2 N–H and O–H groups in total. The second-order valence-corrected chi connectivity index (χ2v) is 12.1. The molecular formula is C33H35N5O6. The summed E-state index contributed by atoms with van der Waals surface area (Å²) in [5.41, 5.74) is 3.44. The summed E-state index contributed by atoms with van der Waals surface area (Å²) in [6.45, 7) is 4.06. The van der Waals surface area contributed by atoms with Crippen molar-refractivity contribution in [3.63, 3.8) is 0 Å². The van der Waals surface area contributed by atoms with Gasteiger partial charge in [-0.3, -0.25) is 29.4 Å². The van der Waals surface area contributed by atoms with Crippen LogP contribution in [-0.4, -0.2) is 76.9 Å². The molecule has 4 aliphatic heterocycles. The molecule has 11 heteroatoms. The number of hydrogen-bond donors (Lipinski definition) is 2. The number of piperidine rings is 1. The van der Waals surface area contributed by atoms with Gasteiger partial charge in [0, 0.05) is 62.7 Å². The summed E-state index contributed by atoms with van der Waals surface area (Å²) >= 11 is 0. The highest BCUT2D eigenvalue weighted by molar-refractivity contribution is 6.05. The highest BCUT2D eigenvalue weighted by Gasteiger charge is 2.39. The van der Waals surface area contributed by atoms with E-state index in [-0.39, 0.29) is 36.2 Å². The predicted octanol–water partition coefficient (Wildman–Crippen LogP) is 3.01. The summed E-state index contributed by atoms with van der Waals surface area (Å²) in [5, 5.41) is 6.33. The molecule has 44 heavy (non-hydrogen) atoms. The van der Waals surface area contributed by atoms with Crippen molar-refractivity contribution in [2.24, 2.45) is 5.92 Å². The zero-order chi connectivity index (χ0) is 30.2. The average molecular weight is 598 g/mol. The molecule has 11 nitrogen and oxygen atoms in total. The van der Waals surface area contributed by atoms with Gasteiger partial charge in [-0.05, 0) is 79.3 Å². The Morgan fingerprint density at radius 2 is 1.89 bits per heavy atom. The number of ether oxygens (including phenoxy) is 2. The third-order valence-corrected chi connectivity index (χ3v) is 9.03. The van der Waals surface area contributed by atoms with Crippen molar-refractivity contribution in [1.82, 2.24) is 20.1 Å². The maximum Gasteiger partial charge on any atom is 0.255 e. The highest BCUT2D eigenvalue weighted by Crippen LogP contribution is 2.31. The van der Waals surface area contributed by atoms with E-state index in [1.54, 1.807) is 11.0 Å². The van der Waals surface area contributed by atoms with Crippen LogP contribution in [-0.2, 0) is 32.2 Å². The largest absolute Gasteiger partial charge is 0.489 e. The lowest BCUT2D eigenvalue weighted by molar-refractivity contribution is -0.137.